The van der Waals surface area contributed by atoms with E-state index in [0.717, 1.165) is 23.1 Å². The van der Waals surface area contributed by atoms with Crippen LogP contribution >= 0.6 is 15.9 Å². The maximum Gasteiger partial charge on any atom is 0.164 e. The number of likely N-dealkylation sites (N-methyl/N-ethyl adjacent to an activating group) is 1. The monoisotopic (exact) mass is 327 g/mol. The van der Waals surface area contributed by atoms with Crippen LogP contribution in [-0.2, 0) is 4.74 Å². The second-order valence-corrected chi connectivity index (χ2v) is 5.53. The Labute approximate surface area is 124 Å². The Bertz CT molecular complexity index is 392. The summed E-state index contributed by atoms with van der Waals surface area (Å²) in [5.74, 6) is 0.190. The van der Waals surface area contributed by atoms with Crippen LogP contribution in [0, 0.1) is 0 Å². The second kappa shape index (κ2) is 8.46. The minimum atomic E-state index is 0.190. The maximum atomic E-state index is 12.1. The maximum absolute atomic E-state index is 12.1. The van der Waals surface area contributed by atoms with Crippen LogP contribution in [0.1, 0.15) is 30.6 Å². The Morgan fingerprint density at radius 1 is 1.37 bits per heavy atom. The molecule has 0 fully saturated rings. The molecule has 0 aliphatic heterocycles. The number of Topliss-reactive ketones (excluding diaryl/α,β-unsaturated/α-hetero) is 1. The predicted octanol–water partition coefficient (Wildman–Crippen LogP) is 3.38. The summed E-state index contributed by atoms with van der Waals surface area (Å²) in [6.07, 6.45) is 0.545. The van der Waals surface area contributed by atoms with Crippen molar-refractivity contribution in [3.63, 3.8) is 0 Å². The molecule has 106 valence electrons. The van der Waals surface area contributed by atoms with E-state index in [-0.39, 0.29) is 5.78 Å². The van der Waals surface area contributed by atoms with Crippen molar-refractivity contribution < 1.29 is 9.53 Å². The smallest absolute Gasteiger partial charge is 0.164 e. The molecule has 3 nitrogen and oxygen atoms in total. The van der Waals surface area contributed by atoms with Crippen molar-refractivity contribution in [3.8, 4) is 0 Å². The lowest BCUT2D eigenvalue weighted by molar-refractivity contribution is 0.0873. The van der Waals surface area contributed by atoms with Crippen molar-refractivity contribution in [2.24, 2.45) is 0 Å². The number of nitrogens with zero attached hydrogens (tertiary/aromatic N) is 1. The molecule has 1 rings (SSSR count). The van der Waals surface area contributed by atoms with E-state index in [4.69, 9.17) is 4.74 Å². The average molecular weight is 328 g/mol. The predicted molar refractivity (Wildman–Crippen MR) is 81.7 cm³/mol. The van der Waals surface area contributed by atoms with Crippen molar-refractivity contribution in [2.45, 2.75) is 26.3 Å². The first-order chi connectivity index (χ1) is 9.08. The Morgan fingerprint density at radius 3 is 2.53 bits per heavy atom. The molecule has 0 bridgehead atoms. The van der Waals surface area contributed by atoms with Crippen LogP contribution in [0.5, 0.6) is 0 Å². The minimum absolute atomic E-state index is 0.190. The number of hydrogen-bond acceptors (Lipinski definition) is 3. The van der Waals surface area contributed by atoms with Gasteiger partial charge in [0.25, 0.3) is 0 Å². The first-order valence-electron chi connectivity index (χ1n) is 6.60. The number of ether oxygens (including phenoxy) is 1. The average Bonchev–Trinajstić information content (AvgIpc) is 2.40. The molecule has 4 heteroatoms. The van der Waals surface area contributed by atoms with Crippen molar-refractivity contribution in [3.05, 3.63) is 34.3 Å². The van der Waals surface area contributed by atoms with Crippen molar-refractivity contribution in [2.75, 3.05) is 26.8 Å². The summed E-state index contributed by atoms with van der Waals surface area (Å²) in [6.45, 7) is 6.63. The minimum Gasteiger partial charge on any atom is -0.383 e. The van der Waals surface area contributed by atoms with E-state index in [1.165, 1.54) is 0 Å². The van der Waals surface area contributed by atoms with Gasteiger partial charge in [0.05, 0.1) is 6.61 Å². The zero-order chi connectivity index (χ0) is 14.3. The fourth-order valence-electron chi connectivity index (χ4n) is 2.06. The van der Waals surface area contributed by atoms with Gasteiger partial charge in [0.2, 0.25) is 0 Å². The number of hydrogen-bond donors (Lipinski definition) is 0. The molecule has 19 heavy (non-hydrogen) atoms. The highest BCUT2D eigenvalue weighted by atomic mass is 79.9. The molecular weight excluding hydrogens is 306 g/mol. The lowest BCUT2D eigenvalue weighted by Gasteiger charge is -2.26. The normalized spacial score (nSPS) is 12.7. The first-order valence-corrected chi connectivity index (χ1v) is 7.39. The van der Waals surface area contributed by atoms with Gasteiger partial charge in [-0.1, -0.05) is 35.0 Å². The van der Waals surface area contributed by atoms with E-state index in [1.807, 2.05) is 24.3 Å². The Hall–Kier alpha value is -0.710. The van der Waals surface area contributed by atoms with Crippen LogP contribution in [0.2, 0.25) is 0 Å². The SMILES string of the molecule is CCN(CCC(=O)c1ccc(Br)cc1)C(C)COC. The number of methoxy groups -OCH3 is 1. The molecule has 0 heterocycles. The largest absolute Gasteiger partial charge is 0.383 e. The fraction of sp³-hybridized carbons (Fsp3) is 0.533. The van der Waals surface area contributed by atoms with Crippen LogP contribution in [0.4, 0.5) is 0 Å². The summed E-state index contributed by atoms with van der Waals surface area (Å²) in [5.41, 5.74) is 0.777. The van der Waals surface area contributed by atoms with E-state index in [2.05, 4.69) is 34.7 Å². The Balaban J connectivity index is 2.50. The molecule has 1 aromatic carbocycles. The van der Waals surface area contributed by atoms with Crippen LogP contribution in [-0.4, -0.2) is 43.5 Å². The molecule has 0 spiro atoms. The Morgan fingerprint density at radius 2 is 2.00 bits per heavy atom. The number of halogens is 1. The highest BCUT2D eigenvalue weighted by molar-refractivity contribution is 9.10. The molecule has 0 amide bonds. The fourth-order valence-corrected chi connectivity index (χ4v) is 2.33. The van der Waals surface area contributed by atoms with Crippen molar-refractivity contribution >= 4 is 21.7 Å². The Kier molecular flexibility index (Phi) is 7.28. The molecule has 0 N–H and O–H groups in total. The van der Waals surface area contributed by atoms with Gasteiger partial charge in [-0.3, -0.25) is 9.69 Å². The van der Waals surface area contributed by atoms with Gasteiger partial charge < -0.3 is 4.74 Å². The highest BCUT2D eigenvalue weighted by Crippen LogP contribution is 2.12. The van der Waals surface area contributed by atoms with Crippen LogP contribution < -0.4 is 0 Å². The molecule has 0 saturated heterocycles. The van der Waals surface area contributed by atoms with E-state index in [0.29, 0.717) is 19.1 Å². The molecule has 0 aliphatic carbocycles. The summed E-state index contributed by atoms with van der Waals surface area (Å²) in [6, 6.07) is 7.87. The topological polar surface area (TPSA) is 29.5 Å². The summed E-state index contributed by atoms with van der Waals surface area (Å²) in [5, 5.41) is 0. The number of rotatable bonds is 8. The van der Waals surface area contributed by atoms with Gasteiger partial charge in [-0.05, 0) is 25.6 Å². The molecule has 0 aromatic heterocycles. The third kappa shape index (κ3) is 5.43. The van der Waals surface area contributed by atoms with Gasteiger partial charge in [-0.15, -0.1) is 0 Å². The quantitative estimate of drug-likeness (QED) is 0.685. The van der Waals surface area contributed by atoms with Crippen molar-refractivity contribution in [1.82, 2.24) is 4.90 Å². The lowest BCUT2D eigenvalue weighted by Crippen LogP contribution is -2.37. The summed E-state index contributed by atoms with van der Waals surface area (Å²) < 4.78 is 6.15. The summed E-state index contributed by atoms with van der Waals surface area (Å²) >= 11 is 3.37. The van der Waals surface area contributed by atoms with Crippen LogP contribution in [0.25, 0.3) is 0 Å². The molecule has 0 aliphatic rings. The van der Waals surface area contributed by atoms with Crippen LogP contribution in [0.3, 0.4) is 0 Å². The van der Waals surface area contributed by atoms with Gasteiger partial charge in [0.15, 0.2) is 5.78 Å². The molecule has 0 saturated carbocycles. The zero-order valence-electron chi connectivity index (χ0n) is 11.9. The number of ketones is 1. The van der Waals surface area contributed by atoms with E-state index in [1.54, 1.807) is 7.11 Å². The van der Waals surface area contributed by atoms with E-state index >= 15 is 0 Å². The van der Waals surface area contributed by atoms with Gasteiger partial charge in [0.1, 0.15) is 0 Å². The summed E-state index contributed by atoms with van der Waals surface area (Å²) in [4.78, 5) is 14.3. The third-order valence-electron chi connectivity index (χ3n) is 3.23. The highest BCUT2D eigenvalue weighted by Gasteiger charge is 2.14. The molecule has 0 radical (unpaired) electrons. The zero-order valence-corrected chi connectivity index (χ0v) is 13.4. The number of benzene rings is 1. The van der Waals surface area contributed by atoms with E-state index < -0.39 is 0 Å². The number of carbonyl (C=O) groups is 1. The first kappa shape index (κ1) is 16.3. The molecule has 1 atom stereocenters. The van der Waals surface area contributed by atoms with Gasteiger partial charge in [-0.2, -0.15) is 0 Å². The standard InChI is InChI=1S/C15H22BrNO2/c1-4-17(12(2)11-19-3)10-9-15(18)13-5-7-14(16)8-6-13/h5-8,12H,4,9-11H2,1-3H3. The van der Waals surface area contributed by atoms with Gasteiger partial charge in [0, 0.05) is 36.2 Å². The number of carbonyl (C=O) groups excluding carboxylic acids is 1. The molecule has 1 aromatic rings. The van der Waals surface area contributed by atoms with Gasteiger partial charge >= 0.3 is 0 Å². The third-order valence-corrected chi connectivity index (χ3v) is 3.76. The van der Waals surface area contributed by atoms with Crippen LogP contribution in [0.15, 0.2) is 28.7 Å². The molecular formula is C15H22BrNO2. The van der Waals surface area contributed by atoms with Crippen molar-refractivity contribution in [1.29, 1.82) is 0 Å². The van der Waals surface area contributed by atoms with E-state index in [9.17, 15) is 4.79 Å². The second-order valence-electron chi connectivity index (χ2n) is 4.61. The molecule has 1 unspecified atom stereocenters. The summed E-state index contributed by atoms with van der Waals surface area (Å²) in [7, 11) is 1.71. The lowest BCUT2D eigenvalue weighted by atomic mass is 10.1. The van der Waals surface area contributed by atoms with Gasteiger partial charge in [-0.25, -0.2) is 0 Å².